The molecular formula is C18H32N2. The minimum Gasteiger partial charge on any atom is -0.316 e. The van der Waals surface area contributed by atoms with Crippen LogP contribution in [0.3, 0.4) is 0 Å². The number of rotatable bonds is 9. The Morgan fingerprint density at radius 1 is 1.00 bits per heavy atom. The van der Waals surface area contributed by atoms with Crippen LogP contribution in [-0.2, 0) is 6.42 Å². The molecule has 0 radical (unpaired) electrons. The molecule has 1 rings (SSSR count). The first-order chi connectivity index (χ1) is 9.50. The van der Waals surface area contributed by atoms with Gasteiger partial charge in [0.1, 0.15) is 0 Å². The van der Waals surface area contributed by atoms with Gasteiger partial charge in [-0.05, 0) is 50.9 Å². The predicted octanol–water partition coefficient (Wildman–Crippen LogP) is 3.43. The monoisotopic (exact) mass is 276 g/mol. The maximum Gasteiger partial charge on any atom is 0.0102 e. The number of benzene rings is 1. The Labute approximate surface area is 125 Å². The first-order valence-corrected chi connectivity index (χ1v) is 7.95. The van der Waals surface area contributed by atoms with E-state index in [1.165, 1.54) is 5.56 Å². The normalized spacial score (nSPS) is 14.8. The third-order valence-corrected chi connectivity index (χ3v) is 4.13. The van der Waals surface area contributed by atoms with Crippen molar-refractivity contribution in [1.82, 2.24) is 10.2 Å². The molecule has 20 heavy (non-hydrogen) atoms. The van der Waals surface area contributed by atoms with Gasteiger partial charge in [-0.25, -0.2) is 0 Å². The molecule has 0 aliphatic carbocycles. The zero-order chi connectivity index (χ0) is 15.0. The molecule has 0 spiro atoms. The van der Waals surface area contributed by atoms with Crippen molar-refractivity contribution in [3.05, 3.63) is 35.9 Å². The highest BCUT2D eigenvalue weighted by Gasteiger charge is 2.16. The zero-order valence-corrected chi connectivity index (χ0v) is 13.9. The lowest BCUT2D eigenvalue weighted by Crippen LogP contribution is -2.40. The summed E-state index contributed by atoms with van der Waals surface area (Å²) in [5, 5.41) is 3.57. The fourth-order valence-corrected chi connectivity index (χ4v) is 2.36. The molecule has 2 heteroatoms. The number of hydrogen-bond donors (Lipinski definition) is 1. The van der Waals surface area contributed by atoms with Gasteiger partial charge in [0.05, 0.1) is 0 Å². The summed E-state index contributed by atoms with van der Waals surface area (Å²) in [4.78, 5) is 2.48. The van der Waals surface area contributed by atoms with Gasteiger partial charge in [-0.15, -0.1) is 0 Å². The summed E-state index contributed by atoms with van der Waals surface area (Å²) in [6.07, 6.45) is 1.13. The van der Waals surface area contributed by atoms with Crippen LogP contribution in [0, 0.1) is 11.8 Å². The summed E-state index contributed by atoms with van der Waals surface area (Å²) in [6, 6.07) is 11.4. The molecule has 2 atom stereocenters. The molecule has 0 aliphatic rings. The predicted molar refractivity (Wildman–Crippen MR) is 89.1 cm³/mol. The smallest absolute Gasteiger partial charge is 0.0102 e. The third kappa shape index (κ3) is 6.53. The lowest BCUT2D eigenvalue weighted by atomic mass is 10.0. The van der Waals surface area contributed by atoms with Gasteiger partial charge in [0.25, 0.3) is 0 Å². The van der Waals surface area contributed by atoms with Crippen LogP contribution in [0.4, 0.5) is 0 Å². The molecule has 0 saturated carbocycles. The Hall–Kier alpha value is -0.860. The van der Waals surface area contributed by atoms with Crippen LogP contribution in [-0.4, -0.2) is 37.6 Å². The van der Waals surface area contributed by atoms with Crippen LogP contribution in [0.2, 0.25) is 0 Å². The maximum atomic E-state index is 3.57. The molecule has 0 fully saturated rings. The molecule has 1 aromatic rings. The van der Waals surface area contributed by atoms with Gasteiger partial charge in [-0.2, -0.15) is 0 Å². The molecule has 1 aromatic carbocycles. The Bertz CT molecular complexity index is 348. The number of nitrogens with one attached hydrogen (secondary N) is 1. The Morgan fingerprint density at radius 2 is 1.65 bits per heavy atom. The van der Waals surface area contributed by atoms with Crippen molar-refractivity contribution in [2.45, 2.75) is 40.2 Å². The highest BCUT2D eigenvalue weighted by molar-refractivity contribution is 5.14. The van der Waals surface area contributed by atoms with E-state index in [9.17, 15) is 0 Å². The molecule has 0 aromatic heterocycles. The van der Waals surface area contributed by atoms with E-state index in [1.807, 2.05) is 0 Å². The average molecular weight is 276 g/mol. The molecule has 2 unspecified atom stereocenters. The second-order valence-corrected chi connectivity index (χ2v) is 6.49. The Morgan fingerprint density at radius 3 is 2.25 bits per heavy atom. The van der Waals surface area contributed by atoms with Gasteiger partial charge >= 0.3 is 0 Å². The van der Waals surface area contributed by atoms with Gasteiger partial charge in [0, 0.05) is 12.6 Å². The summed E-state index contributed by atoms with van der Waals surface area (Å²) in [5.41, 5.74) is 1.43. The Balaban J connectivity index is 2.28. The van der Waals surface area contributed by atoms with E-state index in [4.69, 9.17) is 0 Å². The van der Waals surface area contributed by atoms with Gasteiger partial charge in [-0.1, -0.05) is 51.1 Å². The maximum absolute atomic E-state index is 3.57. The zero-order valence-electron chi connectivity index (χ0n) is 13.9. The van der Waals surface area contributed by atoms with E-state index in [-0.39, 0.29) is 0 Å². The minimum atomic E-state index is 0.610. The van der Waals surface area contributed by atoms with Gasteiger partial charge in [0.15, 0.2) is 0 Å². The van der Waals surface area contributed by atoms with E-state index in [0.29, 0.717) is 12.0 Å². The SMILES string of the molecule is CC(C)CNCC(C)C(C)N(C)CCc1ccccc1. The van der Waals surface area contributed by atoms with Crippen LogP contribution < -0.4 is 5.32 Å². The summed E-state index contributed by atoms with van der Waals surface area (Å²) in [6.45, 7) is 12.5. The third-order valence-electron chi connectivity index (χ3n) is 4.13. The first-order valence-electron chi connectivity index (χ1n) is 7.95. The second-order valence-electron chi connectivity index (χ2n) is 6.49. The van der Waals surface area contributed by atoms with Gasteiger partial charge in [-0.3, -0.25) is 0 Å². The molecule has 0 bridgehead atoms. The fraction of sp³-hybridized carbons (Fsp3) is 0.667. The van der Waals surface area contributed by atoms with Crippen LogP contribution >= 0.6 is 0 Å². The van der Waals surface area contributed by atoms with E-state index in [1.54, 1.807) is 0 Å². The van der Waals surface area contributed by atoms with Crippen molar-refractivity contribution in [2.24, 2.45) is 11.8 Å². The van der Waals surface area contributed by atoms with Crippen molar-refractivity contribution in [3.8, 4) is 0 Å². The van der Waals surface area contributed by atoms with Crippen LogP contribution in [0.1, 0.15) is 33.3 Å². The summed E-state index contributed by atoms with van der Waals surface area (Å²) in [5.74, 6) is 1.41. The highest BCUT2D eigenvalue weighted by atomic mass is 15.1. The fourth-order valence-electron chi connectivity index (χ4n) is 2.36. The minimum absolute atomic E-state index is 0.610. The molecule has 0 amide bonds. The number of hydrogen-bond acceptors (Lipinski definition) is 2. The molecule has 0 heterocycles. The lowest BCUT2D eigenvalue weighted by Gasteiger charge is -2.30. The average Bonchev–Trinajstić information content (AvgIpc) is 2.44. The summed E-state index contributed by atoms with van der Waals surface area (Å²) in [7, 11) is 2.24. The topological polar surface area (TPSA) is 15.3 Å². The first kappa shape index (κ1) is 17.2. The van der Waals surface area contributed by atoms with Crippen LogP contribution in [0.15, 0.2) is 30.3 Å². The lowest BCUT2D eigenvalue weighted by molar-refractivity contribution is 0.197. The molecular weight excluding hydrogens is 244 g/mol. The van der Waals surface area contributed by atoms with Crippen LogP contribution in [0.5, 0.6) is 0 Å². The molecule has 2 nitrogen and oxygen atoms in total. The quantitative estimate of drug-likeness (QED) is 0.743. The van der Waals surface area contributed by atoms with E-state index >= 15 is 0 Å². The largest absolute Gasteiger partial charge is 0.316 e. The van der Waals surface area contributed by atoms with Crippen molar-refractivity contribution in [2.75, 3.05) is 26.7 Å². The van der Waals surface area contributed by atoms with Gasteiger partial charge in [0.2, 0.25) is 0 Å². The second kappa shape index (κ2) is 9.15. The summed E-state index contributed by atoms with van der Waals surface area (Å²) >= 11 is 0. The van der Waals surface area contributed by atoms with Crippen molar-refractivity contribution in [1.29, 1.82) is 0 Å². The van der Waals surface area contributed by atoms with Crippen molar-refractivity contribution in [3.63, 3.8) is 0 Å². The van der Waals surface area contributed by atoms with Crippen molar-refractivity contribution >= 4 is 0 Å². The molecule has 0 aliphatic heterocycles. The Kier molecular flexibility index (Phi) is 7.86. The number of nitrogens with zero attached hydrogens (tertiary/aromatic N) is 1. The van der Waals surface area contributed by atoms with E-state index < -0.39 is 0 Å². The van der Waals surface area contributed by atoms with E-state index in [0.717, 1.165) is 32.0 Å². The molecule has 114 valence electrons. The molecule has 0 saturated heterocycles. The molecule has 1 N–H and O–H groups in total. The standard InChI is InChI=1S/C18H32N2/c1-15(2)13-19-14-16(3)17(4)20(5)12-11-18-9-7-6-8-10-18/h6-10,15-17,19H,11-14H2,1-5H3. The van der Waals surface area contributed by atoms with Gasteiger partial charge < -0.3 is 10.2 Å². The van der Waals surface area contributed by atoms with Crippen molar-refractivity contribution < 1.29 is 0 Å². The number of likely N-dealkylation sites (N-methyl/N-ethyl adjacent to an activating group) is 1. The van der Waals surface area contributed by atoms with E-state index in [2.05, 4.69) is 75.3 Å². The highest BCUT2D eigenvalue weighted by Crippen LogP contribution is 2.10. The summed E-state index contributed by atoms with van der Waals surface area (Å²) < 4.78 is 0. The van der Waals surface area contributed by atoms with Crippen LogP contribution in [0.25, 0.3) is 0 Å².